The number of anilines is 1. The Kier molecular flexibility index (Phi) is 5.28. The zero-order chi connectivity index (χ0) is 18.6. The van der Waals surface area contributed by atoms with E-state index in [0.29, 0.717) is 19.5 Å². The van der Waals surface area contributed by atoms with Gasteiger partial charge in [-0.15, -0.1) is 0 Å². The van der Waals surface area contributed by atoms with E-state index in [-0.39, 0.29) is 5.91 Å². The monoisotopic (exact) mass is 365 g/mol. The molecule has 0 N–H and O–H groups in total. The van der Waals surface area contributed by atoms with Crippen molar-refractivity contribution in [3.63, 3.8) is 0 Å². The SMILES string of the molecule is CC[C@H](Oc1ccc2c(c1)CCC2)C(=O)N1CCN(c2ccccn2)CC1. The Morgan fingerprint density at radius 1 is 1.11 bits per heavy atom. The number of aromatic nitrogens is 1. The molecule has 1 aromatic carbocycles. The zero-order valence-electron chi connectivity index (χ0n) is 15.9. The van der Waals surface area contributed by atoms with Crippen LogP contribution in [-0.2, 0) is 17.6 Å². The second-order valence-corrected chi connectivity index (χ2v) is 7.30. The van der Waals surface area contributed by atoms with E-state index in [1.807, 2.05) is 42.3 Å². The second kappa shape index (κ2) is 7.99. The maximum Gasteiger partial charge on any atom is 0.263 e. The Morgan fingerprint density at radius 2 is 1.93 bits per heavy atom. The number of rotatable bonds is 5. The molecule has 0 spiro atoms. The van der Waals surface area contributed by atoms with Gasteiger partial charge in [-0.3, -0.25) is 4.79 Å². The van der Waals surface area contributed by atoms with Gasteiger partial charge in [0.05, 0.1) is 0 Å². The maximum absolute atomic E-state index is 13.0. The van der Waals surface area contributed by atoms with Crippen molar-refractivity contribution in [3.05, 3.63) is 53.7 Å². The highest BCUT2D eigenvalue weighted by atomic mass is 16.5. The lowest BCUT2D eigenvalue weighted by molar-refractivity contribution is -0.139. The topological polar surface area (TPSA) is 45.7 Å². The van der Waals surface area contributed by atoms with Crippen LogP contribution in [0.1, 0.15) is 30.9 Å². The summed E-state index contributed by atoms with van der Waals surface area (Å²) in [7, 11) is 0. The summed E-state index contributed by atoms with van der Waals surface area (Å²) in [6.45, 7) is 5.04. The van der Waals surface area contributed by atoms with Gasteiger partial charge in [-0.1, -0.05) is 19.1 Å². The Bertz CT molecular complexity index is 785. The molecule has 5 nitrogen and oxygen atoms in total. The summed E-state index contributed by atoms with van der Waals surface area (Å²) in [6.07, 6.45) is 5.57. The van der Waals surface area contributed by atoms with E-state index < -0.39 is 6.10 Å². The van der Waals surface area contributed by atoms with Crippen LogP contribution in [0.4, 0.5) is 5.82 Å². The first kappa shape index (κ1) is 17.8. The fourth-order valence-electron chi connectivity index (χ4n) is 3.99. The van der Waals surface area contributed by atoms with Crippen molar-refractivity contribution in [2.45, 2.75) is 38.7 Å². The minimum Gasteiger partial charge on any atom is -0.481 e. The number of pyridine rings is 1. The minimum atomic E-state index is -0.411. The van der Waals surface area contributed by atoms with E-state index in [4.69, 9.17) is 4.74 Å². The Labute approximate surface area is 161 Å². The Hall–Kier alpha value is -2.56. The zero-order valence-corrected chi connectivity index (χ0v) is 15.9. The van der Waals surface area contributed by atoms with Crippen molar-refractivity contribution in [1.29, 1.82) is 0 Å². The summed E-state index contributed by atoms with van der Waals surface area (Å²) in [5.41, 5.74) is 2.80. The van der Waals surface area contributed by atoms with E-state index >= 15 is 0 Å². The predicted octanol–water partition coefficient (Wildman–Crippen LogP) is 3.08. The highest BCUT2D eigenvalue weighted by Gasteiger charge is 2.28. The number of fused-ring (bicyclic) bond motifs is 1. The third kappa shape index (κ3) is 3.92. The van der Waals surface area contributed by atoms with Gasteiger partial charge in [0.2, 0.25) is 0 Å². The molecule has 1 amide bonds. The van der Waals surface area contributed by atoms with E-state index in [2.05, 4.69) is 22.0 Å². The van der Waals surface area contributed by atoms with Gasteiger partial charge in [0, 0.05) is 32.4 Å². The van der Waals surface area contributed by atoms with Crippen LogP contribution < -0.4 is 9.64 Å². The number of nitrogens with zero attached hydrogens (tertiary/aromatic N) is 3. The van der Waals surface area contributed by atoms with Crippen LogP contribution in [-0.4, -0.2) is 48.1 Å². The number of aryl methyl sites for hydroxylation is 2. The van der Waals surface area contributed by atoms with Crippen molar-refractivity contribution in [3.8, 4) is 5.75 Å². The van der Waals surface area contributed by atoms with E-state index in [9.17, 15) is 4.79 Å². The molecule has 142 valence electrons. The van der Waals surface area contributed by atoms with Crippen molar-refractivity contribution < 1.29 is 9.53 Å². The molecule has 1 saturated heterocycles. The van der Waals surface area contributed by atoms with Crippen LogP contribution in [0.2, 0.25) is 0 Å². The quantitative estimate of drug-likeness (QED) is 0.817. The lowest BCUT2D eigenvalue weighted by Gasteiger charge is -2.36. The fraction of sp³-hybridized carbons (Fsp3) is 0.455. The van der Waals surface area contributed by atoms with E-state index in [1.54, 1.807) is 0 Å². The second-order valence-electron chi connectivity index (χ2n) is 7.30. The lowest BCUT2D eigenvalue weighted by Crippen LogP contribution is -2.52. The molecule has 0 unspecified atom stereocenters. The Balaban J connectivity index is 1.36. The highest BCUT2D eigenvalue weighted by Crippen LogP contribution is 2.27. The van der Waals surface area contributed by atoms with Gasteiger partial charge >= 0.3 is 0 Å². The summed E-state index contributed by atoms with van der Waals surface area (Å²) in [4.78, 5) is 21.5. The molecule has 1 aliphatic heterocycles. The molecule has 1 atom stereocenters. The molecule has 2 aromatic rings. The summed E-state index contributed by atoms with van der Waals surface area (Å²) in [5, 5.41) is 0. The number of ether oxygens (including phenoxy) is 1. The number of carbonyl (C=O) groups is 1. The van der Waals surface area contributed by atoms with Crippen molar-refractivity contribution >= 4 is 11.7 Å². The summed E-state index contributed by atoms with van der Waals surface area (Å²) in [5.74, 6) is 1.90. The molecule has 1 fully saturated rings. The average molecular weight is 365 g/mol. The molecular weight excluding hydrogens is 338 g/mol. The number of piperazine rings is 1. The molecule has 2 aliphatic rings. The first-order chi connectivity index (χ1) is 13.2. The molecular formula is C22H27N3O2. The van der Waals surface area contributed by atoms with Crippen LogP contribution in [0, 0.1) is 0 Å². The van der Waals surface area contributed by atoms with Gasteiger partial charge in [0.1, 0.15) is 11.6 Å². The number of benzene rings is 1. The molecule has 1 aliphatic carbocycles. The molecule has 5 heteroatoms. The van der Waals surface area contributed by atoms with E-state index in [0.717, 1.165) is 37.5 Å². The van der Waals surface area contributed by atoms with Crippen LogP contribution >= 0.6 is 0 Å². The van der Waals surface area contributed by atoms with Gasteiger partial charge in [0.15, 0.2) is 6.10 Å². The maximum atomic E-state index is 13.0. The third-order valence-electron chi connectivity index (χ3n) is 5.56. The number of hydrogen-bond donors (Lipinski definition) is 0. The van der Waals surface area contributed by atoms with Gasteiger partial charge in [0.25, 0.3) is 5.91 Å². The largest absolute Gasteiger partial charge is 0.481 e. The third-order valence-corrected chi connectivity index (χ3v) is 5.56. The standard InChI is InChI=1S/C22H27N3O2/c1-2-20(27-19-10-9-17-6-5-7-18(17)16-19)22(26)25-14-12-24(13-15-25)21-8-3-4-11-23-21/h3-4,8-11,16,20H,2,5-7,12-15H2,1H3/t20-/m0/s1. The lowest BCUT2D eigenvalue weighted by atomic mass is 10.1. The first-order valence-electron chi connectivity index (χ1n) is 9.98. The molecule has 2 heterocycles. The predicted molar refractivity (Wildman–Crippen MR) is 106 cm³/mol. The average Bonchev–Trinajstić information content (AvgIpc) is 3.20. The van der Waals surface area contributed by atoms with Crippen molar-refractivity contribution in [2.75, 3.05) is 31.1 Å². The molecule has 0 radical (unpaired) electrons. The van der Waals surface area contributed by atoms with Gasteiger partial charge in [-0.2, -0.15) is 0 Å². The normalized spacial score (nSPS) is 17.5. The smallest absolute Gasteiger partial charge is 0.263 e. The summed E-state index contributed by atoms with van der Waals surface area (Å²) >= 11 is 0. The van der Waals surface area contributed by atoms with Crippen molar-refractivity contribution in [1.82, 2.24) is 9.88 Å². The fourth-order valence-corrected chi connectivity index (χ4v) is 3.99. The van der Waals surface area contributed by atoms with Gasteiger partial charge < -0.3 is 14.5 Å². The molecule has 0 bridgehead atoms. The van der Waals surface area contributed by atoms with Crippen molar-refractivity contribution in [2.24, 2.45) is 0 Å². The molecule has 0 saturated carbocycles. The highest BCUT2D eigenvalue weighted by molar-refractivity contribution is 5.81. The van der Waals surface area contributed by atoms with Crippen LogP contribution in [0.3, 0.4) is 0 Å². The van der Waals surface area contributed by atoms with Crippen LogP contribution in [0.5, 0.6) is 5.75 Å². The van der Waals surface area contributed by atoms with Gasteiger partial charge in [-0.25, -0.2) is 4.98 Å². The van der Waals surface area contributed by atoms with Gasteiger partial charge in [-0.05, 0) is 61.1 Å². The number of amides is 1. The summed E-state index contributed by atoms with van der Waals surface area (Å²) in [6, 6.07) is 12.2. The van der Waals surface area contributed by atoms with E-state index in [1.165, 1.54) is 17.5 Å². The first-order valence-corrected chi connectivity index (χ1v) is 9.98. The molecule has 1 aromatic heterocycles. The Morgan fingerprint density at radius 3 is 2.67 bits per heavy atom. The molecule has 27 heavy (non-hydrogen) atoms. The summed E-state index contributed by atoms with van der Waals surface area (Å²) < 4.78 is 6.10. The number of carbonyl (C=O) groups excluding carboxylic acids is 1. The minimum absolute atomic E-state index is 0.0960. The van der Waals surface area contributed by atoms with Crippen LogP contribution in [0.15, 0.2) is 42.6 Å². The van der Waals surface area contributed by atoms with Crippen LogP contribution in [0.25, 0.3) is 0 Å². The number of hydrogen-bond acceptors (Lipinski definition) is 4. The molecule has 4 rings (SSSR count).